The number of anilines is 1. The predicted octanol–water partition coefficient (Wildman–Crippen LogP) is 3.52. The molecule has 0 saturated heterocycles. The second-order valence-corrected chi connectivity index (χ2v) is 5.83. The highest BCUT2D eigenvalue weighted by Crippen LogP contribution is 2.28. The molecule has 2 N–H and O–H groups in total. The maximum absolute atomic E-state index is 12.3. The number of rotatable bonds is 7. The Hall–Kier alpha value is -3.20. The number of ether oxygens (including phenoxy) is 2. The van der Waals surface area contributed by atoms with Gasteiger partial charge in [0.05, 0.1) is 24.7 Å². The highest BCUT2D eigenvalue weighted by atomic mass is 32.1. The van der Waals surface area contributed by atoms with Gasteiger partial charge in [-0.25, -0.2) is 0 Å². The number of hydrogen-bond donors (Lipinski definition) is 2. The van der Waals surface area contributed by atoms with Gasteiger partial charge in [0.15, 0.2) is 5.11 Å². The number of carbonyl (C=O) groups is 1. The summed E-state index contributed by atoms with van der Waals surface area (Å²) in [6, 6.07) is 10.9. The van der Waals surface area contributed by atoms with Gasteiger partial charge < -0.3 is 14.8 Å². The average Bonchev–Trinajstić information content (AvgIpc) is 2.66. The number of methoxy groups -OCH3 is 1. The topological polar surface area (TPSA) is 103 Å². The molecule has 0 heterocycles. The van der Waals surface area contributed by atoms with Crippen LogP contribution in [0.5, 0.6) is 11.5 Å². The van der Waals surface area contributed by atoms with Crippen LogP contribution >= 0.6 is 12.2 Å². The molecule has 0 spiro atoms. The first-order valence-electron chi connectivity index (χ1n) is 8.12. The monoisotopic (exact) mass is 389 g/mol. The first kappa shape index (κ1) is 20.1. The van der Waals surface area contributed by atoms with Gasteiger partial charge >= 0.3 is 0 Å². The van der Waals surface area contributed by atoms with Gasteiger partial charge in [-0.3, -0.25) is 20.2 Å². The second-order valence-electron chi connectivity index (χ2n) is 5.42. The maximum Gasteiger partial charge on any atom is 0.296 e. The van der Waals surface area contributed by atoms with Crippen molar-refractivity contribution >= 4 is 34.6 Å². The van der Waals surface area contributed by atoms with E-state index in [1.54, 1.807) is 30.3 Å². The molecule has 0 saturated carbocycles. The van der Waals surface area contributed by atoms with Crippen molar-refractivity contribution in [3.05, 3.63) is 58.1 Å². The van der Waals surface area contributed by atoms with Gasteiger partial charge in [-0.2, -0.15) is 0 Å². The van der Waals surface area contributed by atoms with E-state index in [9.17, 15) is 14.9 Å². The summed E-state index contributed by atoms with van der Waals surface area (Å²) in [6.45, 7) is 2.60. The fraction of sp³-hybridized carbons (Fsp3) is 0.222. The van der Waals surface area contributed by atoms with Gasteiger partial charge in [-0.1, -0.05) is 6.92 Å². The fourth-order valence-electron chi connectivity index (χ4n) is 2.15. The summed E-state index contributed by atoms with van der Waals surface area (Å²) in [7, 11) is 1.41. The summed E-state index contributed by atoms with van der Waals surface area (Å²) >= 11 is 5.08. The van der Waals surface area contributed by atoms with Crippen LogP contribution in [0, 0.1) is 10.1 Å². The number of benzene rings is 2. The number of hydrogen-bond acceptors (Lipinski definition) is 6. The largest absolute Gasteiger partial charge is 0.496 e. The van der Waals surface area contributed by atoms with Crippen LogP contribution in [0.4, 0.5) is 11.4 Å². The zero-order valence-corrected chi connectivity index (χ0v) is 15.7. The molecular formula is C18H19N3O5S. The quantitative estimate of drug-likeness (QED) is 0.424. The zero-order valence-electron chi connectivity index (χ0n) is 14.9. The number of nitro benzene ring substituents is 1. The van der Waals surface area contributed by atoms with E-state index in [1.807, 2.05) is 6.92 Å². The minimum absolute atomic E-state index is 0.0559. The van der Waals surface area contributed by atoms with E-state index < -0.39 is 10.8 Å². The van der Waals surface area contributed by atoms with Crippen molar-refractivity contribution in [2.45, 2.75) is 13.3 Å². The van der Waals surface area contributed by atoms with Crippen LogP contribution in [-0.2, 0) is 0 Å². The molecule has 0 unspecified atom stereocenters. The molecule has 27 heavy (non-hydrogen) atoms. The summed E-state index contributed by atoms with van der Waals surface area (Å²) in [5.41, 5.74) is 0.310. The van der Waals surface area contributed by atoms with Crippen LogP contribution in [0.15, 0.2) is 42.5 Å². The lowest BCUT2D eigenvalue weighted by Crippen LogP contribution is -2.34. The lowest BCUT2D eigenvalue weighted by atomic mass is 10.2. The Labute approximate surface area is 161 Å². The number of amides is 1. The number of nitrogens with zero attached hydrogens (tertiary/aromatic N) is 1. The highest BCUT2D eigenvalue weighted by molar-refractivity contribution is 7.80. The minimum atomic E-state index is -0.565. The second kappa shape index (κ2) is 9.48. The van der Waals surface area contributed by atoms with Crippen LogP contribution in [0.2, 0.25) is 0 Å². The molecule has 2 rings (SSSR count). The third kappa shape index (κ3) is 5.65. The van der Waals surface area contributed by atoms with E-state index in [-0.39, 0.29) is 16.5 Å². The molecule has 0 atom stereocenters. The maximum atomic E-state index is 12.3. The van der Waals surface area contributed by atoms with E-state index >= 15 is 0 Å². The van der Waals surface area contributed by atoms with Gasteiger partial charge in [0.2, 0.25) is 0 Å². The highest BCUT2D eigenvalue weighted by Gasteiger charge is 2.17. The first-order chi connectivity index (χ1) is 12.9. The lowest BCUT2D eigenvalue weighted by Gasteiger charge is -2.11. The van der Waals surface area contributed by atoms with Crippen LogP contribution in [0.3, 0.4) is 0 Å². The molecule has 0 bridgehead atoms. The third-order valence-electron chi connectivity index (χ3n) is 3.47. The molecule has 0 aromatic heterocycles. The Morgan fingerprint density at radius 1 is 1.19 bits per heavy atom. The molecule has 2 aromatic rings. The van der Waals surface area contributed by atoms with E-state index in [2.05, 4.69) is 10.6 Å². The van der Waals surface area contributed by atoms with Crippen molar-refractivity contribution in [3.63, 3.8) is 0 Å². The molecule has 1 amide bonds. The number of carbonyl (C=O) groups excluding carboxylic acids is 1. The average molecular weight is 389 g/mol. The van der Waals surface area contributed by atoms with Crippen molar-refractivity contribution in [2.75, 3.05) is 19.0 Å². The SMILES string of the molecule is CCCOc1ccc(C(=O)NC(=S)Nc2ccc(OC)cc2[N+](=O)[O-])cc1. The smallest absolute Gasteiger partial charge is 0.296 e. The van der Waals surface area contributed by atoms with E-state index in [4.69, 9.17) is 21.7 Å². The summed E-state index contributed by atoms with van der Waals surface area (Å²) in [5, 5.41) is 16.3. The molecule has 2 aromatic carbocycles. The Balaban J connectivity index is 2.03. The summed E-state index contributed by atoms with van der Waals surface area (Å²) < 4.78 is 10.4. The van der Waals surface area contributed by atoms with Crippen molar-refractivity contribution in [1.82, 2.24) is 5.32 Å². The molecule has 9 heteroatoms. The van der Waals surface area contributed by atoms with Gasteiger partial charge in [-0.15, -0.1) is 0 Å². The van der Waals surface area contributed by atoms with Crippen molar-refractivity contribution < 1.29 is 19.2 Å². The summed E-state index contributed by atoms with van der Waals surface area (Å²) in [6.07, 6.45) is 0.889. The van der Waals surface area contributed by atoms with Gasteiger partial charge in [0.25, 0.3) is 11.6 Å². The number of thiocarbonyl (C=S) groups is 1. The Bertz CT molecular complexity index is 839. The molecule has 0 aliphatic rings. The summed E-state index contributed by atoms with van der Waals surface area (Å²) in [5.74, 6) is 0.571. The van der Waals surface area contributed by atoms with Gasteiger partial charge in [-0.05, 0) is 55.0 Å². The molecule has 0 fully saturated rings. The molecular weight excluding hydrogens is 370 g/mol. The van der Waals surface area contributed by atoms with Gasteiger partial charge in [0, 0.05) is 5.56 Å². The molecule has 0 aliphatic carbocycles. The van der Waals surface area contributed by atoms with E-state index in [0.29, 0.717) is 23.7 Å². The van der Waals surface area contributed by atoms with Crippen molar-refractivity contribution in [1.29, 1.82) is 0 Å². The molecule has 142 valence electrons. The minimum Gasteiger partial charge on any atom is -0.496 e. The van der Waals surface area contributed by atoms with Crippen LogP contribution in [0.1, 0.15) is 23.7 Å². The Morgan fingerprint density at radius 3 is 2.44 bits per heavy atom. The first-order valence-corrected chi connectivity index (χ1v) is 8.53. The van der Waals surface area contributed by atoms with Crippen LogP contribution in [0.25, 0.3) is 0 Å². The normalized spacial score (nSPS) is 10.0. The fourth-order valence-corrected chi connectivity index (χ4v) is 2.35. The molecule has 0 radical (unpaired) electrons. The van der Waals surface area contributed by atoms with E-state index in [1.165, 1.54) is 19.2 Å². The number of nitrogens with one attached hydrogen (secondary N) is 2. The predicted molar refractivity (Wildman–Crippen MR) is 106 cm³/mol. The standard InChI is InChI=1S/C18H19N3O5S/c1-3-10-26-13-6-4-12(5-7-13)17(22)20-18(27)19-15-9-8-14(25-2)11-16(15)21(23)24/h4-9,11H,3,10H2,1-2H3,(H2,19,20,22,27). The van der Waals surface area contributed by atoms with Crippen LogP contribution in [-0.4, -0.2) is 29.7 Å². The summed E-state index contributed by atoms with van der Waals surface area (Å²) in [4.78, 5) is 22.9. The molecule has 0 aliphatic heterocycles. The Morgan fingerprint density at radius 2 is 1.85 bits per heavy atom. The third-order valence-corrected chi connectivity index (χ3v) is 3.67. The zero-order chi connectivity index (χ0) is 19.8. The van der Waals surface area contributed by atoms with Crippen molar-refractivity contribution in [2.24, 2.45) is 0 Å². The van der Waals surface area contributed by atoms with Crippen LogP contribution < -0.4 is 20.1 Å². The Kier molecular flexibility index (Phi) is 7.07. The van der Waals surface area contributed by atoms with Crippen molar-refractivity contribution in [3.8, 4) is 11.5 Å². The van der Waals surface area contributed by atoms with Gasteiger partial charge in [0.1, 0.15) is 17.2 Å². The number of nitro groups is 1. The molecule has 8 nitrogen and oxygen atoms in total. The van der Waals surface area contributed by atoms with E-state index in [0.717, 1.165) is 6.42 Å². The lowest BCUT2D eigenvalue weighted by molar-refractivity contribution is -0.384.